The first-order chi connectivity index (χ1) is 9.11. The van der Waals surface area contributed by atoms with Crippen molar-refractivity contribution in [2.75, 3.05) is 19.6 Å². The average molecular weight is 260 g/mol. The quantitative estimate of drug-likeness (QED) is 0.872. The maximum atomic E-state index is 3.50. The van der Waals surface area contributed by atoms with E-state index < -0.39 is 0 Å². The summed E-state index contributed by atoms with van der Waals surface area (Å²) in [5.74, 6) is 0. The third-order valence-corrected chi connectivity index (χ3v) is 4.21. The molecule has 1 aromatic rings. The van der Waals surface area contributed by atoms with E-state index in [1.54, 1.807) is 0 Å². The van der Waals surface area contributed by atoms with Gasteiger partial charge in [-0.1, -0.05) is 36.2 Å². The zero-order valence-corrected chi connectivity index (χ0v) is 12.9. The molecule has 2 unspecified atom stereocenters. The number of nitrogens with one attached hydrogen (secondary N) is 1. The minimum absolute atomic E-state index is 0.517. The predicted octanol–water partition coefficient (Wildman–Crippen LogP) is 3.44. The highest BCUT2D eigenvalue weighted by Crippen LogP contribution is 2.26. The number of benzene rings is 1. The minimum Gasteiger partial charge on any atom is -0.315 e. The Labute approximate surface area is 118 Å². The van der Waals surface area contributed by atoms with Gasteiger partial charge in [0.15, 0.2) is 0 Å². The molecular formula is C17H28N2. The number of rotatable bonds is 5. The SMILES string of the molecule is CCCN(C1CCNC1)C(C)c1cc(C)cc(C)c1. The van der Waals surface area contributed by atoms with E-state index in [9.17, 15) is 0 Å². The van der Waals surface area contributed by atoms with Gasteiger partial charge in [0, 0.05) is 18.6 Å². The Bertz CT molecular complexity index is 387. The molecule has 0 amide bonds. The lowest BCUT2D eigenvalue weighted by Gasteiger charge is -2.34. The molecule has 19 heavy (non-hydrogen) atoms. The van der Waals surface area contributed by atoms with Crippen molar-refractivity contribution >= 4 is 0 Å². The van der Waals surface area contributed by atoms with Gasteiger partial charge in [-0.3, -0.25) is 4.90 Å². The summed E-state index contributed by atoms with van der Waals surface area (Å²) >= 11 is 0. The molecule has 0 saturated carbocycles. The maximum Gasteiger partial charge on any atom is 0.0323 e. The highest BCUT2D eigenvalue weighted by atomic mass is 15.2. The van der Waals surface area contributed by atoms with Gasteiger partial charge in [0.1, 0.15) is 0 Å². The van der Waals surface area contributed by atoms with E-state index in [2.05, 4.69) is 56.1 Å². The molecule has 106 valence electrons. The van der Waals surface area contributed by atoms with Gasteiger partial charge in [0.2, 0.25) is 0 Å². The van der Waals surface area contributed by atoms with E-state index in [1.165, 1.54) is 42.6 Å². The van der Waals surface area contributed by atoms with Gasteiger partial charge < -0.3 is 5.32 Å². The largest absolute Gasteiger partial charge is 0.315 e. The van der Waals surface area contributed by atoms with Crippen molar-refractivity contribution in [2.24, 2.45) is 0 Å². The summed E-state index contributed by atoms with van der Waals surface area (Å²) < 4.78 is 0. The van der Waals surface area contributed by atoms with Crippen LogP contribution in [0.15, 0.2) is 18.2 Å². The lowest BCUT2D eigenvalue weighted by atomic mass is 9.99. The molecule has 0 aliphatic carbocycles. The van der Waals surface area contributed by atoms with Gasteiger partial charge in [-0.2, -0.15) is 0 Å². The first-order valence-corrected chi connectivity index (χ1v) is 7.66. The third-order valence-electron chi connectivity index (χ3n) is 4.21. The second-order valence-electron chi connectivity index (χ2n) is 5.98. The van der Waals surface area contributed by atoms with Crippen molar-refractivity contribution in [2.45, 2.75) is 52.6 Å². The molecule has 1 fully saturated rings. The van der Waals surface area contributed by atoms with E-state index in [1.807, 2.05) is 0 Å². The van der Waals surface area contributed by atoms with Crippen LogP contribution in [-0.2, 0) is 0 Å². The fourth-order valence-corrected chi connectivity index (χ4v) is 3.32. The van der Waals surface area contributed by atoms with Crippen LogP contribution < -0.4 is 5.32 Å². The van der Waals surface area contributed by atoms with Crippen molar-refractivity contribution < 1.29 is 0 Å². The minimum atomic E-state index is 0.517. The topological polar surface area (TPSA) is 15.3 Å². The Morgan fingerprint density at radius 2 is 1.95 bits per heavy atom. The molecule has 0 aromatic heterocycles. The Kier molecular flexibility index (Phi) is 5.00. The Balaban J connectivity index is 2.19. The number of nitrogens with zero attached hydrogens (tertiary/aromatic N) is 1. The highest BCUT2D eigenvalue weighted by Gasteiger charge is 2.26. The summed E-state index contributed by atoms with van der Waals surface area (Å²) in [7, 11) is 0. The van der Waals surface area contributed by atoms with Crippen molar-refractivity contribution in [1.82, 2.24) is 10.2 Å². The molecule has 1 aromatic carbocycles. The van der Waals surface area contributed by atoms with Gasteiger partial charge in [-0.05, 0) is 52.3 Å². The normalized spacial score (nSPS) is 21.0. The zero-order valence-electron chi connectivity index (χ0n) is 12.9. The van der Waals surface area contributed by atoms with Crippen molar-refractivity contribution in [1.29, 1.82) is 0 Å². The molecule has 1 aliphatic heterocycles. The number of hydrogen-bond acceptors (Lipinski definition) is 2. The summed E-state index contributed by atoms with van der Waals surface area (Å²) in [6.45, 7) is 12.6. The van der Waals surface area contributed by atoms with Crippen LogP contribution in [0.5, 0.6) is 0 Å². The second-order valence-corrected chi connectivity index (χ2v) is 5.98. The molecule has 0 radical (unpaired) electrons. The van der Waals surface area contributed by atoms with E-state index in [4.69, 9.17) is 0 Å². The van der Waals surface area contributed by atoms with E-state index >= 15 is 0 Å². The molecule has 1 aliphatic rings. The molecule has 2 heteroatoms. The average Bonchev–Trinajstić information content (AvgIpc) is 2.87. The van der Waals surface area contributed by atoms with E-state index in [0.29, 0.717) is 12.1 Å². The monoisotopic (exact) mass is 260 g/mol. The molecule has 2 rings (SSSR count). The summed E-state index contributed by atoms with van der Waals surface area (Å²) in [4.78, 5) is 2.69. The fraction of sp³-hybridized carbons (Fsp3) is 0.647. The van der Waals surface area contributed by atoms with Gasteiger partial charge in [-0.15, -0.1) is 0 Å². The second kappa shape index (κ2) is 6.53. The standard InChI is InChI=1S/C17H28N2/c1-5-8-19(17-6-7-18-12-17)15(4)16-10-13(2)9-14(3)11-16/h9-11,15,17-18H,5-8,12H2,1-4H3. The van der Waals surface area contributed by atoms with E-state index in [-0.39, 0.29) is 0 Å². The molecule has 0 bridgehead atoms. The molecule has 2 atom stereocenters. The smallest absolute Gasteiger partial charge is 0.0323 e. The Morgan fingerprint density at radius 3 is 2.47 bits per heavy atom. The lowest BCUT2D eigenvalue weighted by Crippen LogP contribution is -2.39. The van der Waals surface area contributed by atoms with Gasteiger partial charge in [0.05, 0.1) is 0 Å². The fourth-order valence-electron chi connectivity index (χ4n) is 3.32. The van der Waals surface area contributed by atoms with Crippen LogP contribution in [0.2, 0.25) is 0 Å². The van der Waals surface area contributed by atoms with Crippen molar-refractivity contribution in [3.63, 3.8) is 0 Å². The van der Waals surface area contributed by atoms with Crippen LogP contribution in [0.25, 0.3) is 0 Å². The van der Waals surface area contributed by atoms with Crippen LogP contribution in [0, 0.1) is 13.8 Å². The first-order valence-electron chi connectivity index (χ1n) is 7.66. The molecule has 1 heterocycles. The Morgan fingerprint density at radius 1 is 1.26 bits per heavy atom. The van der Waals surface area contributed by atoms with Crippen LogP contribution >= 0.6 is 0 Å². The summed E-state index contributed by atoms with van der Waals surface area (Å²) in [6, 6.07) is 8.18. The van der Waals surface area contributed by atoms with Gasteiger partial charge in [0.25, 0.3) is 0 Å². The zero-order chi connectivity index (χ0) is 13.8. The lowest BCUT2D eigenvalue weighted by molar-refractivity contribution is 0.153. The van der Waals surface area contributed by atoms with Crippen LogP contribution in [0.4, 0.5) is 0 Å². The summed E-state index contributed by atoms with van der Waals surface area (Å²) in [5.41, 5.74) is 4.23. The molecule has 1 saturated heterocycles. The molecule has 0 spiro atoms. The van der Waals surface area contributed by atoms with Crippen LogP contribution in [-0.4, -0.2) is 30.6 Å². The third kappa shape index (κ3) is 3.58. The highest BCUT2D eigenvalue weighted by molar-refractivity contribution is 5.30. The van der Waals surface area contributed by atoms with E-state index in [0.717, 1.165) is 6.54 Å². The van der Waals surface area contributed by atoms with Gasteiger partial charge >= 0.3 is 0 Å². The van der Waals surface area contributed by atoms with Crippen molar-refractivity contribution in [3.8, 4) is 0 Å². The van der Waals surface area contributed by atoms with Crippen molar-refractivity contribution in [3.05, 3.63) is 34.9 Å². The molecular weight excluding hydrogens is 232 g/mol. The van der Waals surface area contributed by atoms with Gasteiger partial charge in [-0.25, -0.2) is 0 Å². The molecule has 2 nitrogen and oxygen atoms in total. The maximum absolute atomic E-state index is 3.50. The summed E-state index contributed by atoms with van der Waals surface area (Å²) in [6.07, 6.45) is 2.51. The summed E-state index contributed by atoms with van der Waals surface area (Å²) in [5, 5.41) is 3.50. The molecule has 1 N–H and O–H groups in total. The van der Waals surface area contributed by atoms with Crippen LogP contribution in [0.1, 0.15) is 49.4 Å². The Hall–Kier alpha value is -0.860. The number of hydrogen-bond donors (Lipinski definition) is 1. The van der Waals surface area contributed by atoms with Crippen LogP contribution in [0.3, 0.4) is 0 Å². The number of aryl methyl sites for hydroxylation is 2. The predicted molar refractivity (Wildman–Crippen MR) is 82.6 cm³/mol. The first kappa shape index (κ1) is 14.5.